The summed E-state index contributed by atoms with van der Waals surface area (Å²) in [6, 6.07) is 8.78. The maximum atomic E-state index is 5.64. The smallest absolute Gasteiger partial charge is 0.0307 e. The van der Waals surface area contributed by atoms with Crippen LogP contribution in [-0.4, -0.2) is 11.8 Å². The first-order valence-corrected chi connectivity index (χ1v) is 8.28. The number of hydrazine groups is 1. The standard InChI is InChI=1S/C14H23BrN2S/c1-3-5-11(2)8-13(17-16)10-18-14-7-4-6-12(15)9-14/h4,6-7,9,11,13,17H,3,5,8,10,16H2,1-2H3. The highest BCUT2D eigenvalue weighted by Gasteiger charge is 2.11. The van der Waals surface area contributed by atoms with Gasteiger partial charge >= 0.3 is 0 Å². The Morgan fingerprint density at radius 1 is 1.44 bits per heavy atom. The van der Waals surface area contributed by atoms with Crippen molar-refractivity contribution in [1.82, 2.24) is 5.43 Å². The lowest BCUT2D eigenvalue weighted by Crippen LogP contribution is -2.38. The summed E-state index contributed by atoms with van der Waals surface area (Å²) in [6.07, 6.45) is 3.67. The van der Waals surface area contributed by atoms with Gasteiger partial charge < -0.3 is 0 Å². The topological polar surface area (TPSA) is 38.0 Å². The van der Waals surface area contributed by atoms with Crippen molar-refractivity contribution in [2.24, 2.45) is 11.8 Å². The summed E-state index contributed by atoms with van der Waals surface area (Å²) in [6.45, 7) is 4.54. The maximum Gasteiger partial charge on any atom is 0.0307 e. The van der Waals surface area contributed by atoms with Crippen LogP contribution in [0.4, 0.5) is 0 Å². The Hall–Kier alpha value is -0.0300. The Bertz CT molecular complexity index is 346. The van der Waals surface area contributed by atoms with Crippen LogP contribution in [0.1, 0.15) is 33.1 Å². The highest BCUT2D eigenvalue weighted by atomic mass is 79.9. The van der Waals surface area contributed by atoms with Gasteiger partial charge in [-0.05, 0) is 30.5 Å². The molecule has 0 heterocycles. The molecule has 0 spiro atoms. The van der Waals surface area contributed by atoms with E-state index < -0.39 is 0 Å². The van der Waals surface area contributed by atoms with E-state index in [0.29, 0.717) is 6.04 Å². The molecule has 0 amide bonds. The molecule has 2 atom stereocenters. The highest BCUT2D eigenvalue weighted by Crippen LogP contribution is 2.24. The number of hydrogen-bond acceptors (Lipinski definition) is 3. The zero-order valence-corrected chi connectivity index (χ0v) is 13.6. The van der Waals surface area contributed by atoms with E-state index in [0.717, 1.165) is 22.6 Å². The first kappa shape index (κ1) is 16.0. The van der Waals surface area contributed by atoms with Gasteiger partial charge in [0.05, 0.1) is 0 Å². The first-order valence-electron chi connectivity index (χ1n) is 6.50. The van der Waals surface area contributed by atoms with E-state index in [9.17, 15) is 0 Å². The van der Waals surface area contributed by atoms with Gasteiger partial charge in [-0.1, -0.05) is 48.7 Å². The molecule has 4 heteroatoms. The van der Waals surface area contributed by atoms with E-state index in [-0.39, 0.29) is 0 Å². The minimum atomic E-state index is 0.385. The van der Waals surface area contributed by atoms with E-state index >= 15 is 0 Å². The summed E-state index contributed by atoms with van der Waals surface area (Å²) >= 11 is 5.35. The molecule has 0 bridgehead atoms. The van der Waals surface area contributed by atoms with Gasteiger partial charge in [0.1, 0.15) is 0 Å². The molecular weight excluding hydrogens is 308 g/mol. The van der Waals surface area contributed by atoms with Crippen molar-refractivity contribution < 1.29 is 0 Å². The Kier molecular flexibility index (Phi) is 7.98. The molecule has 18 heavy (non-hydrogen) atoms. The number of halogens is 1. The third-order valence-electron chi connectivity index (χ3n) is 2.95. The molecule has 1 rings (SSSR count). The van der Waals surface area contributed by atoms with E-state index in [1.54, 1.807) is 0 Å². The van der Waals surface area contributed by atoms with E-state index in [4.69, 9.17) is 5.84 Å². The molecule has 2 nitrogen and oxygen atoms in total. The fourth-order valence-electron chi connectivity index (χ4n) is 2.03. The van der Waals surface area contributed by atoms with Crippen LogP contribution in [0.2, 0.25) is 0 Å². The average Bonchev–Trinajstić information content (AvgIpc) is 2.35. The summed E-state index contributed by atoms with van der Waals surface area (Å²) in [5.41, 5.74) is 2.94. The van der Waals surface area contributed by atoms with Crippen LogP contribution in [0.25, 0.3) is 0 Å². The lowest BCUT2D eigenvalue weighted by Gasteiger charge is -2.19. The van der Waals surface area contributed by atoms with Crippen molar-refractivity contribution in [1.29, 1.82) is 0 Å². The van der Waals surface area contributed by atoms with E-state index in [1.807, 2.05) is 17.8 Å². The number of benzene rings is 1. The fraction of sp³-hybridized carbons (Fsp3) is 0.571. The van der Waals surface area contributed by atoms with Gasteiger partial charge in [0.2, 0.25) is 0 Å². The minimum absolute atomic E-state index is 0.385. The molecule has 0 saturated heterocycles. The zero-order valence-electron chi connectivity index (χ0n) is 11.2. The van der Waals surface area contributed by atoms with Crippen LogP contribution in [-0.2, 0) is 0 Å². The molecule has 0 fully saturated rings. The lowest BCUT2D eigenvalue weighted by atomic mass is 9.98. The van der Waals surface area contributed by atoms with Crippen molar-refractivity contribution >= 4 is 27.7 Å². The third kappa shape index (κ3) is 6.23. The molecule has 0 radical (unpaired) electrons. The Morgan fingerprint density at radius 3 is 2.83 bits per heavy atom. The van der Waals surface area contributed by atoms with Crippen molar-refractivity contribution in [2.45, 2.75) is 44.0 Å². The van der Waals surface area contributed by atoms with Crippen molar-refractivity contribution in [3.05, 3.63) is 28.7 Å². The van der Waals surface area contributed by atoms with Gasteiger partial charge in [0, 0.05) is 21.2 Å². The van der Waals surface area contributed by atoms with E-state index in [2.05, 4.69) is 53.4 Å². The van der Waals surface area contributed by atoms with Crippen LogP contribution in [0, 0.1) is 5.92 Å². The van der Waals surface area contributed by atoms with Crippen LogP contribution >= 0.6 is 27.7 Å². The normalized spacial score (nSPS) is 14.4. The maximum absolute atomic E-state index is 5.64. The largest absolute Gasteiger partial charge is 0.271 e. The summed E-state index contributed by atoms with van der Waals surface area (Å²) < 4.78 is 1.13. The molecule has 0 saturated carbocycles. The van der Waals surface area contributed by atoms with Gasteiger partial charge in [-0.15, -0.1) is 11.8 Å². The fourth-order valence-corrected chi connectivity index (χ4v) is 3.60. The second kappa shape index (κ2) is 8.97. The highest BCUT2D eigenvalue weighted by molar-refractivity contribution is 9.10. The van der Waals surface area contributed by atoms with Crippen LogP contribution < -0.4 is 11.3 Å². The van der Waals surface area contributed by atoms with Crippen LogP contribution in [0.3, 0.4) is 0 Å². The number of nitrogens with two attached hydrogens (primary N) is 1. The van der Waals surface area contributed by atoms with Crippen molar-refractivity contribution in [3.8, 4) is 0 Å². The van der Waals surface area contributed by atoms with Gasteiger partial charge in [-0.25, -0.2) is 0 Å². The average molecular weight is 331 g/mol. The molecular formula is C14H23BrN2S. The number of thioether (sulfide) groups is 1. The van der Waals surface area contributed by atoms with Crippen molar-refractivity contribution in [2.75, 3.05) is 5.75 Å². The Morgan fingerprint density at radius 2 is 2.22 bits per heavy atom. The molecule has 102 valence electrons. The molecule has 0 aliphatic heterocycles. The number of rotatable bonds is 8. The third-order valence-corrected chi connectivity index (χ3v) is 4.60. The zero-order chi connectivity index (χ0) is 13.4. The molecule has 1 aromatic rings. The molecule has 0 aliphatic rings. The second-order valence-electron chi connectivity index (χ2n) is 4.76. The molecule has 0 aromatic heterocycles. The Balaban J connectivity index is 2.39. The van der Waals surface area contributed by atoms with Crippen molar-refractivity contribution in [3.63, 3.8) is 0 Å². The summed E-state index contributed by atoms with van der Waals surface area (Å²) in [5.74, 6) is 7.39. The number of hydrogen-bond donors (Lipinski definition) is 2. The van der Waals surface area contributed by atoms with Gasteiger partial charge in [-0.2, -0.15) is 0 Å². The molecule has 2 unspecified atom stereocenters. The van der Waals surface area contributed by atoms with Crippen LogP contribution in [0.5, 0.6) is 0 Å². The summed E-state index contributed by atoms with van der Waals surface area (Å²) in [4.78, 5) is 1.28. The summed E-state index contributed by atoms with van der Waals surface area (Å²) in [5, 5.41) is 0. The predicted octanol–water partition coefficient (Wildman–Crippen LogP) is 4.20. The first-order chi connectivity index (χ1) is 8.65. The molecule has 3 N–H and O–H groups in total. The second-order valence-corrected chi connectivity index (χ2v) is 6.77. The quantitative estimate of drug-likeness (QED) is 0.426. The Labute approximate surface area is 123 Å². The summed E-state index contributed by atoms with van der Waals surface area (Å²) in [7, 11) is 0. The van der Waals surface area contributed by atoms with E-state index in [1.165, 1.54) is 17.7 Å². The molecule has 1 aromatic carbocycles. The minimum Gasteiger partial charge on any atom is -0.271 e. The van der Waals surface area contributed by atoms with Crippen LogP contribution in [0.15, 0.2) is 33.6 Å². The monoisotopic (exact) mass is 330 g/mol. The predicted molar refractivity (Wildman–Crippen MR) is 84.7 cm³/mol. The van der Waals surface area contributed by atoms with Gasteiger partial charge in [0.25, 0.3) is 0 Å². The number of nitrogens with one attached hydrogen (secondary N) is 1. The SMILES string of the molecule is CCCC(C)CC(CSc1cccc(Br)c1)NN. The lowest BCUT2D eigenvalue weighted by molar-refractivity contribution is 0.408. The van der Waals surface area contributed by atoms with Gasteiger partial charge in [0.15, 0.2) is 0 Å². The molecule has 0 aliphatic carbocycles. The van der Waals surface area contributed by atoms with Gasteiger partial charge in [-0.3, -0.25) is 11.3 Å².